The number of hydrogen-bond acceptors (Lipinski definition) is 9. The van der Waals surface area contributed by atoms with E-state index >= 15 is 0 Å². The highest BCUT2D eigenvalue weighted by Crippen LogP contribution is 2.26. The van der Waals surface area contributed by atoms with Gasteiger partial charge in [-0.3, -0.25) is 25.0 Å². The minimum atomic E-state index is -4.97. The van der Waals surface area contributed by atoms with Gasteiger partial charge >= 0.3 is 18.1 Å². The third-order valence-corrected chi connectivity index (χ3v) is 6.29. The van der Waals surface area contributed by atoms with Crippen LogP contribution in [0.4, 0.5) is 9.59 Å². The van der Waals surface area contributed by atoms with Crippen LogP contribution in [-0.4, -0.2) is 69.5 Å². The zero-order valence-corrected chi connectivity index (χ0v) is 18.1. The number of imide groups is 1. The second kappa shape index (κ2) is 9.46. The highest BCUT2D eigenvalue weighted by atomic mass is 32.2. The van der Waals surface area contributed by atoms with Crippen LogP contribution in [0.3, 0.4) is 0 Å². The third kappa shape index (κ3) is 4.98. The van der Waals surface area contributed by atoms with Crippen molar-refractivity contribution in [2.24, 2.45) is 0 Å². The summed E-state index contributed by atoms with van der Waals surface area (Å²) < 4.78 is 29.5. The number of aliphatic carboxylic acids is 1. The van der Waals surface area contributed by atoms with Crippen LogP contribution in [0.5, 0.6) is 0 Å². The molecule has 0 saturated carbocycles. The molecule has 0 bridgehead atoms. The number of sulfonamides is 1. The molecule has 34 heavy (non-hydrogen) atoms. The minimum absolute atomic E-state index is 0.169. The normalized spacial score (nSPS) is 17.5. The molecule has 180 valence electrons. The molecule has 2 aromatic carbocycles. The number of carboxylic acids is 1. The van der Waals surface area contributed by atoms with Crippen LogP contribution in [0, 0.1) is 0 Å². The molecule has 1 heterocycles. The molecule has 2 aromatic rings. The predicted molar refractivity (Wildman–Crippen MR) is 110 cm³/mol. The number of β-amino-alcohol motifs (C(OH)–C–C–N with tert-alkyl or cyclic N) is 1. The topological polar surface area (TPSA) is 191 Å². The summed E-state index contributed by atoms with van der Waals surface area (Å²) >= 11 is 0. The summed E-state index contributed by atoms with van der Waals surface area (Å²) in [5.41, 5.74) is -2.14. The van der Waals surface area contributed by atoms with Crippen molar-refractivity contribution in [1.82, 2.24) is 14.7 Å². The number of nitrogens with zero attached hydrogens (tertiary/aromatic N) is 2. The fourth-order valence-corrected chi connectivity index (χ4v) is 4.25. The minimum Gasteiger partial charge on any atom is -0.481 e. The first-order valence-corrected chi connectivity index (χ1v) is 11.0. The molecule has 4 amide bonds. The van der Waals surface area contributed by atoms with E-state index in [2.05, 4.69) is 0 Å². The number of urea groups is 1. The zero-order chi connectivity index (χ0) is 25.1. The lowest BCUT2D eigenvalue weighted by molar-refractivity contribution is -0.175. The number of nitrogens with one attached hydrogen (secondary N) is 1. The molecule has 0 unspecified atom stereocenters. The monoisotopic (exact) mass is 493 g/mol. The van der Waals surface area contributed by atoms with E-state index in [4.69, 9.17) is 9.84 Å². The Morgan fingerprint density at radius 3 is 2.32 bits per heavy atom. The van der Waals surface area contributed by atoms with Gasteiger partial charge in [0.1, 0.15) is 6.61 Å². The number of ether oxygens (including phenoxy) is 1. The van der Waals surface area contributed by atoms with E-state index < -0.39 is 62.1 Å². The van der Waals surface area contributed by atoms with Crippen LogP contribution in [0.2, 0.25) is 0 Å². The molecule has 0 spiro atoms. The first-order chi connectivity index (χ1) is 16.0. The summed E-state index contributed by atoms with van der Waals surface area (Å²) in [6, 6.07) is 11.5. The largest absolute Gasteiger partial charge is 0.481 e. The number of benzene rings is 2. The Morgan fingerprint density at radius 2 is 1.71 bits per heavy atom. The molecule has 1 aliphatic rings. The molecule has 1 aliphatic heterocycles. The highest BCUT2D eigenvalue weighted by molar-refractivity contribution is 7.89. The quantitative estimate of drug-likeness (QED) is 0.180. The summed E-state index contributed by atoms with van der Waals surface area (Å²) in [7, 11) is -4.97. The van der Waals surface area contributed by atoms with E-state index in [0.29, 0.717) is 5.56 Å². The fourth-order valence-electron chi connectivity index (χ4n) is 3.04. The number of alkyl carbamates (subject to hydrolysis) is 1. The fraction of sp³-hybridized carbons (Fsp3) is 0.200. The van der Waals surface area contributed by atoms with E-state index in [1.807, 2.05) is 5.32 Å². The lowest BCUT2D eigenvalue weighted by Crippen LogP contribution is -2.76. The van der Waals surface area contributed by atoms with Crippen molar-refractivity contribution in [3.63, 3.8) is 0 Å². The van der Waals surface area contributed by atoms with Crippen molar-refractivity contribution >= 4 is 34.0 Å². The molecule has 0 radical (unpaired) electrons. The Morgan fingerprint density at radius 1 is 1.09 bits per heavy atom. The Balaban J connectivity index is 1.65. The molecular formula is C20H19N3O10S. The Kier molecular flexibility index (Phi) is 6.85. The van der Waals surface area contributed by atoms with Crippen molar-refractivity contribution in [2.75, 3.05) is 6.54 Å². The van der Waals surface area contributed by atoms with E-state index in [1.54, 1.807) is 30.3 Å². The van der Waals surface area contributed by atoms with Gasteiger partial charge in [0, 0.05) is 0 Å². The van der Waals surface area contributed by atoms with Gasteiger partial charge in [-0.2, -0.15) is 8.42 Å². The van der Waals surface area contributed by atoms with Crippen LogP contribution in [-0.2, 0) is 37.4 Å². The van der Waals surface area contributed by atoms with Crippen molar-refractivity contribution in [3.8, 4) is 0 Å². The van der Waals surface area contributed by atoms with Gasteiger partial charge in [0.2, 0.25) is 5.72 Å². The number of likely N-dealkylation sites (tertiary alicyclic amines) is 1. The van der Waals surface area contributed by atoms with Crippen molar-refractivity contribution in [1.29, 1.82) is 0 Å². The molecule has 3 rings (SSSR count). The standard InChI is InChI=1S/C20H19N3O10S/c24-16(25)10-14-8-4-5-9-15(14)34(31,32)23(30)19(28)22-12-20(29,17(22)26)21-18(27)33-11-13-6-2-1-3-7-13/h1-9,29-30H,10-12H2,(H,21,27)(H,24,25)/t20-/m0/s1. The van der Waals surface area contributed by atoms with E-state index in [9.17, 15) is 37.9 Å². The Labute approximate surface area is 192 Å². The molecule has 13 nitrogen and oxygen atoms in total. The first kappa shape index (κ1) is 24.6. The maximum absolute atomic E-state index is 12.7. The molecule has 0 aromatic heterocycles. The highest BCUT2D eigenvalue weighted by Gasteiger charge is 2.57. The predicted octanol–water partition coefficient (Wildman–Crippen LogP) is 0.271. The maximum atomic E-state index is 12.7. The molecule has 1 saturated heterocycles. The smallest absolute Gasteiger partial charge is 0.410 e. The summed E-state index contributed by atoms with van der Waals surface area (Å²) in [6.07, 6.45) is -1.89. The number of carbonyl (C=O) groups is 4. The molecular weight excluding hydrogens is 474 g/mol. The summed E-state index contributed by atoms with van der Waals surface area (Å²) in [5, 5.41) is 31.1. The number of hydrogen-bond donors (Lipinski definition) is 4. The zero-order valence-electron chi connectivity index (χ0n) is 17.3. The molecule has 0 aliphatic carbocycles. The summed E-state index contributed by atoms with van der Waals surface area (Å²) in [4.78, 5) is 47.1. The maximum Gasteiger partial charge on any atom is 0.410 e. The van der Waals surface area contributed by atoms with Gasteiger partial charge in [0.05, 0.1) is 17.9 Å². The molecule has 1 fully saturated rings. The average molecular weight is 493 g/mol. The molecule has 1 atom stereocenters. The average Bonchev–Trinajstić information content (AvgIpc) is 2.80. The van der Waals surface area contributed by atoms with E-state index in [-0.39, 0.29) is 17.1 Å². The van der Waals surface area contributed by atoms with Gasteiger partial charge in [0.25, 0.3) is 15.9 Å². The van der Waals surface area contributed by atoms with Gasteiger partial charge in [-0.25, -0.2) is 9.59 Å². The van der Waals surface area contributed by atoms with E-state index in [0.717, 1.165) is 6.07 Å². The van der Waals surface area contributed by atoms with Gasteiger partial charge in [-0.05, 0) is 17.2 Å². The van der Waals surface area contributed by atoms with Gasteiger partial charge in [-0.1, -0.05) is 53.0 Å². The summed E-state index contributed by atoms with van der Waals surface area (Å²) in [5.74, 6) is -2.77. The molecule has 4 N–H and O–H groups in total. The first-order valence-electron chi connectivity index (χ1n) is 9.57. The van der Waals surface area contributed by atoms with E-state index in [1.165, 1.54) is 18.2 Å². The third-order valence-electron chi connectivity index (χ3n) is 4.72. The number of amides is 4. The van der Waals surface area contributed by atoms with Crippen LogP contribution in [0.15, 0.2) is 59.5 Å². The van der Waals surface area contributed by atoms with Crippen LogP contribution in [0.1, 0.15) is 11.1 Å². The second-order valence-electron chi connectivity index (χ2n) is 7.15. The van der Waals surface area contributed by atoms with Gasteiger partial charge < -0.3 is 14.9 Å². The lowest BCUT2D eigenvalue weighted by Gasteiger charge is -2.43. The number of hydroxylamine groups is 1. The summed E-state index contributed by atoms with van der Waals surface area (Å²) in [6.45, 7) is -1.05. The van der Waals surface area contributed by atoms with Crippen molar-refractivity contribution < 1.29 is 47.8 Å². The van der Waals surface area contributed by atoms with Crippen molar-refractivity contribution in [2.45, 2.75) is 23.6 Å². The number of rotatable bonds is 7. The second-order valence-corrected chi connectivity index (χ2v) is 8.88. The van der Waals surface area contributed by atoms with Gasteiger partial charge in [0.15, 0.2) is 0 Å². The SMILES string of the molecule is O=C(O)Cc1ccccc1S(=O)(=O)N(O)C(=O)N1C[C@@](O)(NC(=O)OCc2ccccc2)C1=O. The van der Waals surface area contributed by atoms with Crippen LogP contribution < -0.4 is 5.32 Å². The number of carbonyl (C=O) groups excluding carboxylic acids is 3. The number of aliphatic hydroxyl groups is 1. The Bertz CT molecular complexity index is 1230. The molecule has 14 heteroatoms. The Hall–Kier alpha value is -4.01. The van der Waals surface area contributed by atoms with Crippen molar-refractivity contribution in [3.05, 3.63) is 65.7 Å². The van der Waals surface area contributed by atoms with Gasteiger partial charge in [-0.15, -0.1) is 0 Å². The number of carboxylic acid groups (broad SMARTS) is 1. The van der Waals surface area contributed by atoms with Crippen LogP contribution in [0.25, 0.3) is 0 Å². The van der Waals surface area contributed by atoms with Crippen LogP contribution >= 0.6 is 0 Å². The lowest BCUT2D eigenvalue weighted by atomic mass is 10.0. The number of β-lactam (4-membered cyclic amide) rings is 1.